The molecule has 0 bridgehead atoms. The van der Waals surface area contributed by atoms with Crippen LogP contribution in [0.25, 0.3) is 0 Å². The molecule has 1 rings (SSSR count). The molecule has 1 aromatic carbocycles. The van der Waals surface area contributed by atoms with E-state index < -0.39 is 9.85 Å². The number of nitrogens with zero attached hydrogens (tertiary/aromatic N) is 2. The van der Waals surface area contributed by atoms with Crippen molar-refractivity contribution in [1.82, 2.24) is 5.32 Å². The number of hydrogen-bond donors (Lipinski definition) is 1. The van der Waals surface area contributed by atoms with E-state index >= 15 is 0 Å². The Morgan fingerprint density at radius 3 is 2.58 bits per heavy atom. The van der Waals surface area contributed by atoms with Gasteiger partial charge in [-0.3, -0.25) is 20.2 Å². The van der Waals surface area contributed by atoms with Gasteiger partial charge >= 0.3 is 0 Å². The summed E-state index contributed by atoms with van der Waals surface area (Å²) < 4.78 is 5.28. The number of non-ortho nitro benzene ring substituents is 1. The fourth-order valence-corrected chi connectivity index (χ4v) is 1.46. The molecule has 0 spiro atoms. The van der Waals surface area contributed by atoms with Crippen molar-refractivity contribution in [2.75, 3.05) is 19.7 Å². The van der Waals surface area contributed by atoms with Crippen molar-refractivity contribution in [1.29, 1.82) is 0 Å². The van der Waals surface area contributed by atoms with Gasteiger partial charge in [-0.15, -0.1) is 0 Å². The van der Waals surface area contributed by atoms with Crippen LogP contribution in [0, 0.1) is 20.2 Å². The quantitative estimate of drug-likeness (QED) is 0.436. The Morgan fingerprint density at radius 1 is 1.26 bits per heavy atom. The molecule has 0 aliphatic carbocycles. The van der Waals surface area contributed by atoms with E-state index in [4.69, 9.17) is 4.74 Å². The van der Waals surface area contributed by atoms with Gasteiger partial charge in [-0.25, -0.2) is 0 Å². The van der Waals surface area contributed by atoms with E-state index in [1.54, 1.807) is 0 Å². The molecular formula is C11H15N3O5. The molecular weight excluding hydrogens is 254 g/mol. The van der Waals surface area contributed by atoms with E-state index in [1.807, 2.05) is 6.92 Å². The number of likely N-dealkylation sites (N-methyl/N-ethyl adjacent to an activating group) is 1. The van der Waals surface area contributed by atoms with Crippen LogP contribution < -0.4 is 5.32 Å². The Morgan fingerprint density at radius 2 is 2.00 bits per heavy atom. The van der Waals surface area contributed by atoms with Crippen LogP contribution in [0.1, 0.15) is 12.5 Å². The Labute approximate surface area is 109 Å². The molecule has 19 heavy (non-hydrogen) atoms. The molecule has 0 saturated heterocycles. The number of nitro groups is 2. The smallest absolute Gasteiger partial charge is 0.281 e. The van der Waals surface area contributed by atoms with Crippen LogP contribution >= 0.6 is 0 Å². The third-order valence-electron chi connectivity index (χ3n) is 2.41. The van der Waals surface area contributed by atoms with E-state index in [1.165, 1.54) is 12.1 Å². The van der Waals surface area contributed by atoms with Gasteiger partial charge in [0, 0.05) is 12.6 Å². The minimum Gasteiger partial charge on any atom is -0.375 e. The Balaban J connectivity index is 2.71. The molecule has 0 saturated carbocycles. The standard InChI is InChI=1S/C11H15N3O5/c1-2-12-5-6-19-8-9-3-4-10(13(15)16)7-11(9)14(17)18/h3-4,7,12H,2,5-6,8H2,1H3. The normalized spacial score (nSPS) is 10.4. The van der Waals surface area contributed by atoms with E-state index in [0.717, 1.165) is 12.6 Å². The Bertz CT molecular complexity index is 464. The lowest BCUT2D eigenvalue weighted by molar-refractivity contribution is -0.394. The van der Waals surface area contributed by atoms with Gasteiger partial charge < -0.3 is 10.1 Å². The summed E-state index contributed by atoms with van der Waals surface area (Å²) in [5, 5.41) is 24.5. The Hall–Kier alpha value is -2.06. The van der Waals surface area contributed by atoms with Crippen LogP contribution in [0.2, 0.25) is 0 Å². The topological polar surface area (TPSA) is 108 Å². The van der Waals surface area contributed by atoms with E-state index in [-0.39, 0.29) is 18.0 Å². The van der Waals surface area contributed by atoms with Crippen molar-refractivity contribution in [3.8, 4) is 0 Å². The van der Waals surface area contributed by atoms with Gasteiger partial charge in [0.05, 0.1) is 34.7 Å². The van der Waals surface area contributed by atoms with Crippen molar-refractivity contribution in [2.24, 2.45) is 0 Å². The van der Waals surface area contributed by atoms with Crippen LogP contribution in [-0.2, 0) is 11.3 Å². The molecule has 0 amide bonds. The lowest BCUT2D eigenvalue weighted by atomic mass is 10.1. The summed E-state index contributed by atoms with van der Waals surface area (Å²) in [5.74, 6) is 0. The van der Waals surface area contributed by atoms with Crippen LogP contribution in [0.3, 0.4) is 0 Å². The van der Waals surface area contributed by atoms with Gasteiger partial charge in [-0.05, 0) is 12.6 Å². The lowest BCUT2D eigenvalue weighted by Gasteiger charge is -2.05. The number of benzene rings is 1. The van der Waals surface area contributed by atoms with Crippen molar-refractivity contribution < 1.29 is 14.6 Å². The average Bonchev–Trinajstić information content (AvgIpc) is 2.38. The maximum Gasteiger partial charge on any atom is 0.281 e. The summed E-state index contributed by atoms with van der Waals surface area (Å²) in [5.41, 5.74) is -0.271. The molecule has 8 heteroatoms. The third-order valence-corrected chi connectivity index (χ3v) is 2.41. The summed E-state index contributed by atoms with van der Waals surface area (Å²) >= 11 is 0. The first-order valence-electron chi connectivity index (χ1n) is 5.76. The number of nitrogens with one attached hydrogen (secondary N) is 1. The molecule has 0 atom stereocenters. The van der Waals surface area contributed by atoms with Gasteiger partial charge in [0.1, 0.15) is 0 Å². The molecule has 104 valence electrons. The highest BCUT2D eigenvalue weighted by molar-refractivity contribution is 5.48. The molecule has 0 unspecified atom stereocenters. The lowest BCUT2D eigenvalue weighted by Crippen LogP contribution is -2.18. The van der Waals surface area contributed by atoms with Crippen LogP contribution in [0.5, 0.6) is 0 Å². The van der Waals surface area contributed by atoms with Gasteiger partial charge in [-0.1, -0.05) is 6.92 Å². The Kier molecular flexibility index (Phi) is 5.83. The first-order valence-corrected chi connectivity index (χ1v) is 5.76. The fraction of sp³-hybridized carbons (Fsp3) is 0.455. The van der Waals surface area contributed by atoms with Gasteiger partial charge in [-0.2, -0.15) is 0 Å². The monoisotopic (exact) mass is 269 g/mol. The molecule has 0 aliphatic heterocycles. The first-order chi connectivity index (χ1) is 9.06. The van der Waals surface area contributed by atoms with Gasteiger partial charge in [0.2, 0.25) is 0 Å². The van der Waals surface area contributed by atoms with E-state index in [9.17, 15) is 20.2 Å². The fourth-order valence-electron chi connectivity index (χ4n) is 1.46. The molecule has 0 aliphatic rings. The summed E-state index contributed by atoms with van der Waals surface area (Å²) in [7, 11) is 0. The van der Waals surface area contributed by atoms with Crippen molar-refractivity contribution >= 4 is 11.4 Å². The van der Waals surface area contributed by atoms with Gasteiger partial charge in [0.25, 0.3) is 11.4 Å². The minimum atomic E-state index is -0.664. The predicted octanol–water partition coefficient (Wildman–Crippen LogP) is 1.63. The molecule has 1 N–H and O–H groups in total. The van der Waals surface area contributed by atoms with Crippen molar-refractivity contribution in [3.63, 3.8) is 0 Å². The highest BCUT2D eigenvalue weighted by atomic mass is 16.6. The minimum absolute atomic E-state index is 0.0553. The maximum absolute atomic E-state index is 10.8. The molecule has 8 nitrogen and oxygen atoms in total. The second-order valence-corrected chi connectivity index (χ2v) is 3.73. The molecule has 0 aromatic heterocycles. The number of nitro benzene ring substituents is 2. The predicted molar refractivity (Wildman–Crippen MR) is 68.0 cm³/mol. The first kappa shape index (κ1) is 15.0. The second kappa shape index (κ2) is 7.39. The third kappa shape index (κ3) is 4.60. The number of ether oxygens (including phenoxy) is 1. The van der Waals surface area contributed by atoms with Gasteiger partial charge in [0.15, 0.2) is 0 Å². The highest BCUT2D eigenvalue weighted by Crippen LogP contribution is 2.25. The average molecular weight is 269 g/mol. The summed E-state index contributed by atoms with van der Waals surface area (Å²) in [4.78, 5) is 20.1. The SMILES string of the molecule is CCNCCOCc1ccc([N+](=O)[O-])cc1[N+](=O)[O-]. The molecule has 0 fully saturated rings. The number of hydrogen-bond acceptors (Lipinski definition) is 6. The summed E-state index contributed by atoms with van der Waals surface area (Å²) in [6.45, 7) is 3.90. The van der Waals surface area contributed by atoms with E-state index in [2.05, 4.69) is 5.32 Å². The molecule has 0 radical (unpaired) electrons. The molecule has 1 aromatic rings. The van der Waals surface area contributed by atoms with Crippen LogP contribution in [0.15, 0.2) is 18.2 Å². The zero-order valence-corrected chi connectivity index (χ0v) is 10.5. The van der Waals surface area contributed by atoms with Crippen molar-refractivity contribution in [2.45, 2.75) is 13.5 Å². The van der Waals surface area contributed by atoms with Crippen molar-refractivity contribution in [3.05, 3.63) is 44.0 Å². The van der Waals surface area contributed by atoms with Crippen LogP contribution in [-0.4, -0.2) is 29.5 Å². The highest BCUT2D eigenvalue weighted by Gasteiger charge is 2.19. The molecule has 0 heterocycles. The summed E-state index contributed by atoms with van der Waals surface area (Å²) in [6, 6.07) is 3.53. The number of rotatable bonds is 8. The maximum atomic E-state index is 10.8. The van der Waals surface area contributed by atoms with E-state index in [0.29, 0.717) is 18.7 Å². The summed E-state index contributed by atoms with van der Waals surface area (Å²) in [6.07, 6.45) is 0. The zero-order valence-electron chi connectivity index (χ0n) is 10.5. The second-order valence-electron chi connectivity index (χ2n) is 3.73. The van der Waals surface area contributed by atoms with Crippen LogP contribution in [0.4, 0.5) is 11.4 Å². The zero-order chi connectivity index (χ0) is 14.3. The largest absolute Gasteiger partial charge is 0.375 e.